The molecule has 0 fully saturated rings. The fourth-order valence-corrected chi connectivity index (χ4v) is 5.79. The molecule has 0 saturated heterocycles. The summed E-state index contributed by atoms with van der Waals surface area (Å²) in [4.78, 5) is 40.6. The Balaban J connectivity index is 1.74. The highest BCUT2D eigenvalue weighted by molar-refractivity contribution is 6.03. The molecule has 0 saturated carbocycles. The molecule has 3 amide bonds. The van der Waals surface area contributed by atoms with Crippen LogP contribution in [0.2, 0.25) is 0 Å². The zero-order valence-electron chi connectivity index (χ0n) is 25.5. The highest BCUT2D eigenvalue weighted by Gasteiger charge is 2.44. The van der Waals surface area contributed by atoms with Crippen LogP contribution >= 0.6 is 0 Å². The summed E-state index contributed by atoms with van der Waals surface area (Å²) in [5, 5.41) is 14.1. The monoisotopic (exact) mass is 572 g/mol. The van der Waals surface area contributed by atoms with E-state index in [4.69, 9.17) is 5.73 Å². The number of amides is 3. The van der Waals surface area contributed by atoms with Crippen LogP contribution in [-0.2, 0) is 27.1 Å². The number of carbonyl (C=O) groups excluding carboxylic acids is 3. The predicted octanol–water partition coefficient (Wildman–Crippen LogP) is 4.79. The molecule has 1 aromatic heterocycles. The van der Waals surface area contributed by atoms with Gasteiger partial charge in [0.15, 0.2) is 0 Å². The van der Waals surface area contributed by atoms with E-state index in [9.17, 15) is 14.4 Å². The van der Waals surface area contributed by atoms with Crippen molar-refractivity contribution in [3.63, 3.8) is 0 Å². The zero-order chi connectivity index (χ0) is 30.7. The topological polar surface area (TPSA) is 131 Å². The number of anilines is 1. The van der Waals surface area contributed by atoms with Gasteiger partial charge in [-0.3, -0.25) is 14.4 Å². The maximum Gasteiger partial charge on any atom is 0.257 e. The van der Waals surface area contributed by atoms with E-state index in [1.807, 2.05) is 67.9 Å². The molecule has 5 N–H and O–H groups in total. The van der Waals surface area contributed by atoms with Gasteiger partial charge in [-0.2, -0.15) is 5.10 Å². The van der Waals surface area contributed by atoms with Crippen LogP contribution in [0.15, 0.2) is 60.8 Å². The molecule has 9 heteroatoms. The molecule has 4 rings (SSSR count). The van der Waals surface area contributed by atoms with E-state index in [-0.39, 0.29) is 23.9 Å². The summed E-state index contributed by atoms with van der Waals surface area (Å²) in [6.07, 6.45) is 4.06. The first kappa shape index (κ1) is 30.8. The number of fused-ring (bicyclic) bond motifs is 1. The summed E-state index contributed by atoms with van der Waals surface area (Å²) in [6, 6.07) is 16.9. The summed E-state index contributed by atoms with van der Waals surface area (Å²) in [7, 11) is 0. The Kier molecular flexibility index (Phi) is 9.09. The third-order valence-corrected chi connectivity index (χ3v) is 8.71. The average Bonchev–Trinajstić information content (AvgIpc) is 3.43. The highest BCUT2D eigenvalue weighted by Crippen LogP contribution is 2.40. The number of primary amides is 1. The number of carbonyl (C=O) groups is 3. The van der Waals surface area contributed by atoms with Gasteiger partial charge in [0.1, 0.15) is 23.0 Å². The Hall–Kier alpha value is -4.14. The summed E-state index contributed by atoms with van der Waals surface area (Å²) >= 11 is 0. The van der Waals surface area contributed by atoms with Crippen molar-refractivity contribution < 1.29 is 14.4 Å². The number of hydrogen-bond acceptors (Lipinski definition) is 5. The van der Waals surface area contributed by atoms with E-state index in [0.717, 1.165) is 24.0 Å². The minimum Gasteiger partial charge on any atom is -0.368 e. The molecule has 0 bridgehead atoms. The first-order chi connectivity index (χ1) is 20.0. The van der Waals surface area contributed by atoms with Gasteiger partial charge in [-0.15, -0.1) is 0 Å². The molecule has 0 radical (unpaired) electrons. The Labute approximate surface area is 248 Å². The molecular weight excluding hydrogens is 528 g/mol. The fraction of sp³-hybridized carbons (Fsp3) is 0.455. The second kappa shape index (κ2) is 12.4. The third kappa shape index (κ3) is 5.91. The number of nitrogens with two attached hydrogens (primary N) is 1. The fourth-order valence-electron chi connectivity index (χ4n) is 5.79. The van der Waals surface area contributed by atoms with Gasteiger partial charge in [-0.05, 0) is 55.7 Å². The normalized spacial score (nSPS) is 18.5. The highest BCUT2D eigenvalue weighted by atomic mass is 16.2. The van der Waals surface area contributed by atoms with Gasteiger partial charge in [0, 0.05) is 0 Å². The summed E-state index contributed by atoms with van der Waals surface area (Å²) < 4.78 is 1.84. The number of nitrogens with one attached hydrogen (secondary N) is 3. The molecule has 224 valence electrons. The minimum absolute atomic E-state index is 0.0235. The number of aromatic nitrogens is 2. The minimum atomic E-state index is -1.46. The number of rotatable bonds is 11. The van der Waals surface area contributed by atoms with Gasteiger partial charge in [0.2, 0.25) is 5.91 Å². The van der Waals surface area contributed by atoms with Gasteiger partial charge in [-0.25, -0.2) is 4.68 Å². The molecule has 2 aromatic carbocycles. The van der Waals surface area contributed by atoms with Crippen molar-refractivity contribution in [3.8, 4) is 0 Å². The largest absolute Gasteiger partial charge is 0.368 e. The molecule has 0 aliphatic carbocycles. The van der Waals surface area contributed by atoms with Crippen molar-refractivity contribution in [2.45, 2.75) is 90.4 Å². The van der Waals surface area contributed by atoms with Crippen molar-refractivity contribution in [2.24, 2.45) is 11.7 Å². The summed E-state index contributed by atoms with van der Waals surface area (Å²) in [5.74, 6) is -1.12. The summed E-state index contributed by atoms with van der Waals surface area (Å²) in [5.41, 5.74) is 7.07. The van der Waals surface area contributed by atoms with Crippen LogP contribution in [0.3, 0.4) is 0 Å². The third-order valence-electron chi connectivity index (χ3n) is 8.71. The van der Waals surface area contributed by atoms with E-state index in [1.54, 1.807) is 6.20 Å². The van der Waals surface area contributed by atoms with E-state index < -0.39 is 29.3 Å². The molecule has 3 unspecified atom stereocenters. The van der Waals surface area contributed by atoms with Crippen molar-refractivity contribution >= 4 is 23.5 Å². The second-order valence-electron chi connectivity index (χ2n) is 11.9. The molecule has 0 spiro atoms. The first-order valence-corrected chi connectivity index (χ1v) is 14.9. The van der Waals surface area contributed by atoms with Crippen LogP contribution in [0, 0.1) is 5.92 Å². The molecule has 9 nitrogen and oxygen atoms in total. The lowest BCUT2D eigenvalue weighted by Gasteiger charge is -2.39. The SMILES string of the molecule is CCc1ccc(C(CC)(NC(=O)c2cnn3c2N[C@@H](c2ccccc2)CC3(C)C)C(=O)NC(C(N)=O)C(C)CC)cc1. The van der Waals surface area contributed by atoms with Crippen LogP contribution in [0.5, 0.6) is 0 Å². The Morgan fingerprint density at radius 2 is 1.76 bits per heavy atom. The molecular formula is C33H44N6O3. The average molecular weight is 573 g/mol. The van der Waals surface area contributed by atoms with Gasteiger partial charge in [0.25, 0.3) is 11.8 Å². The van der Waals surface area contributed by atoms with Crippen molar-refractivity contribution in [1.82, 2.24) is 20.4 Å². The molecule has 2 heterocycles. The first-order valence-electron chi connectivity index (χ1n) is 14.9. The van der Waals surface area contributed by atoms with Gasteiger partial charge in [0.05, 0.1) is 17.8 Å². The van der Waals surface area contributed by atoms with E-state index in [2.05, 4.69) is 54.0 Å². The van der Waals surface area contributed by atoms with E-state index in [0.29, 0.717) is 23.4 Å². The lowest BCUT2D eigenvalue weighted by Crippen LogP contribution is -2.60. The Morgan fingerprint density at radius 3 is 2.33 bits per heavy atom. The molecule has 3 aromatic rings. The standard InChI is InChI=1S/C33H44N6O3/c1-7-21(4)27(28(34)40)37-31(42)33(9-3,24-17-15-22(8-2)16-18-24)38-30(41)25-20-35-39-29(25)36-26(19-32(39,5)6)23-13-11-10-12-14-23/h10-18,20-21,26-27,36H,7-9,19H2,1-6H3,(H2,34,40)(H,37,42)(H,38,41)/t21?,26-,27?,33?/m1/s1. The molecule has 42 heavy (non-hydrogen) atoms. The zero-order valence-corrected chi connectivity index (χ0v) is 25.5. The smallest absolute Gasteiger partial charge is 0.257 e. The predicted molar refractivity (Wildman–Crippen MR) is 165 cm³/mol. The van der Waals surface area contributed by atoms with Gasteiger partial charge in [-0.1, -0.05) is 88.7 Å². The Morgan fingerprint density at radius 1 is 1.10 bits per heavy atom. The molecule has 1 aliphatic heterocycles. The quantitative estimate of drug-likeness (QED) is 0.262. The maximum absolute atomic E-state index is 14.2. The van der Waals surface area contributed by atoms with Crippen LogP contribution in [0.25, 0.3) is 0 Å². The van der Waals surface area contributed by atoms with Gasteiger partial charge >= 0.3 is 0 Å². The number of aryl methyl sites for hydroxylation is 1. The van der Waals surface area contributed by atoms with Crippen molar-refractivity contribution in [1.29, 1.82) is 0 Å². The van der Waals surface area contributed by atoms with Gasteiger partial charge < -0.3 is 21.7 Å². The van der Waals surface area contributed by atoms with Crippen LogP contribution < -0.4 is 21.7 Å². The van der Waals surface area contributed by atoms with Crippen molar-refractivity contribution in [3.05, 3.63) is 83.0 Å². The second-order valence-corrected chi connectivity index (χ2v) is 11.9. The molecule has 4 atom stereocenters. The van der Waals surface area contributed by atoms with Crippen molar-refractivity contribution in [2.75, 3.05) is 5.32 Å². The van der Waals surface area contributed by atoms with E-state index in [1.165, 1.54) is 0 Å². The maximum atomic E-state index is 14.2. The lowest BCUT2D eigenvalue weighted by molar-refractivity contribution is -0.133. The Bertz CT molecular complexity index is 1420. The van der Waals surface area contributed by atoms with Crippen LogP contribution in [0.4, 0.5) is 5.82 Å². The molecule has 1 aliphatic rings. The number of hydrogen-bond donors (Lipinski definition) is 4. The lowest BCUT2D eigenvalue weighted by atomic mass is 9.84. The van der Waals surface area contributed by atoms with Crippen LogP contribution in [0.1, 0.15) is 93.9 Å². The number of nitrogens with zero attached hydrogens (tertiary/aromatic N) is 2. The van der Waals surface area contributed by atoms with Crippen LogP contribution in [-0.4, -0.2) is 33.5 Å². The number of benzene rings is 2. The summed E-state index contributed by atoms with van der Waals surface area (Å²) in [6.45, 7) is 11.9. The van der Waals surface area contributed by atoms with E-state index >= 15 is 0 Å².